The van der Waals surface area contributed by atoms with E-state index in [1.165, 1.54) is 55.4 Å². The maximum Gasteiger partial charge on any atom is 0.328 e. The van der Waals surface area contributed by atoms with Gasteiger partial charge in [-0.1, -0.05) is 84.9 Å². The number of carboxylic acid groups (broad SMARTS) is 2. The Morgan fingerprint density at radius 2 is 1.45 bits per heavy atom. The van der Waals surface area contributed by atoms with Crippen LogP contribution in [0.3, 0.4) is 0 Å². The number of aliphatic carboxylic acids is 2. The Kier molecular flexibility index (Phi) is 7.69. The van der Waals surface area contributed by atoms with Crippen molar-refractivity contribution < 1.29 is 19.8 Å². The second-order valence-corrected chi connectivity index (χ2v) is 10.9. The van der Waals surface area contributed by atoms with Gasteiger partial charge in [-0.15, -0.1) is 0 Å². The van der Waals surface area contributed by atoms with Gasteiger partial charge in [0.05, 0.1) is 12.4 Å². The van der Waals surface area contributed by atoms with Gasteiger partial charge >= 0.3 is 11.9 Å². The number of hydrogen-bond acceptors (Lipinski definition) is 4. The molecule has 0 spiro atoms. The molecule has 0 saturated heterocycles. The smallest absolute Gasteiger partial charge is 0.328 e. The number of hydrogen-bond donors (Lipinski definition) is 3. The summed E-state index contributed by atoms with van der Waals surface area (Å²) in [6.45, 7) is 0.941. The zero-order valence-corrected chi connectivity index (χ0v) is 23.2. The minimum absolute atomic E-state index is 0.331. The van der Waals surface area contributed by atoms with Gasteiger partial charge in [-0.3, -0.25) is 4.99 Å². The first kappa shape index (κ1) is 27.2. The lowest BCUT2D eigenvalue weighted by atomic mass is 9.76. The molecule has 0 saturated carbocycles. The lowest BCUT2D eigenvalue weighted by Gasteiger charge is -2.29. The van der Waals surface area contributed by atoms with Crippen LogP contribution in [0, 0.1) is 0 Å². The number of fused-ring (bicyclic) bond motifs is 6. The number of nitrogens with zero attached hydrogens (tertiary/aromatic N) is 1. The summed E-state index contributed by atoms with van der Waals surface area (Å²) < 4.78 is 0. The summed E-state index contributed by atoms with van der Waals surface area (Å²) in [7, 11) is 0. The van der Waals surface area contributed by atoms with Crippen LogP contribution in [0.2, 0.25) is 0 Å². The van der Waals surface area contributed by atoms with Crippen LogP contribution in [0.5, 0.6) is 0 Å². The number of nitrogens with one attached hydrogen (secondary N) is 1. The second-order valence-electron chi connectivity index (χ2n) is 10.9. The van der Waals surface area contributed by atoms with Crippen LogP contribution in [-0.4, -0.2) is 41.1 Å². The first-order chi connectivity index (χ1) is 20.5. The van der Waals surface area contributed by atoms with Gasteiger partial charge in [0, 0.05) is 18.7 Å². The molecule has 42 heavy (non-hydrogen) atoms. The number of benzene rings is 5. The molecule has 5 aromatic rings. The molecule has 6 heteroatoms. The van der Waals surface area contributed by atoms with Crippen LogP contribution in [-0.2, 0) is 28.9 Å². The third kappa shape index (κ3) is 5.61. The van der Waals surface area contributed by atoms with E-state index in [1.807, 2.05) is 6.34 Å². The Hall–Kier alpha value is -4.97. The van der Waals surface area contributed by atoms with Gasteiger partial charge in [-0.25, -0.2) is 9.59 Å². The molecule has 2 unspecified atom stereocenters. The molecule has 2 aliphatic rings. The summed E-state index contributed by atoms with van der Waals surface area (Å²) in [4.78, 5) is 23.8. The zero-order chi connectivity index (χ0) is 29.1. The molecular formula is C36H32N2O4. The van der Waals surface area contributed by atoms with E-state index in [4.69, 9.17) is 10.2 Å². The van der Waals surface area contributed by atoms with E-state index >= 15 is 0 Å². The average molecular weight is 557 g/mol. The molecule has 1 aliphatic carbocycles. The third-order valence-corrected chi connectivity index (χ3v) is 8.40. The van der Waals surface area contributed by atoms with Crippen molar-refractivity contribution in [2.75, 3.05) is 6.54 Å². The van der Waals surface area contributed by atoms with Crippen molar-refractivity contribution in [3.63, 3.8) is 0 Å². The Bertz CT molecular complexity index is 1860. The first-order valence-electron chi connectivity index (χ1n) is 14.3. The SMILES string of the molecule is C1=NC(Cc2c(C3CCc4c(ccc5c4ccc4ccccc45)C3)ccc3ccccc23)CN1.O=C(O)/C=C/C(=O)O. The lowest BCUT2D eigenvalue weighted by Crippen LogP contribution is -2.20. The van der Waals surface area contributed by atoms with Crippen molar-refractivity contribution in [1.29, 1.82) is 0 Å². The minimum Gasteiger partial charge on any atom is -0.478 e. The molecule has 2 atom stereocenters. The third-order valence-electron chi connectivity index (χ3n) is 8.40. The maximum atomic E-state index is 9.55. The van der Waals surface area contributed by atoms with Crippen molar-refractivity contribution in [3.8, 4) is 0 Å². The second kappa shape index (κ2) is 11.9. The molecule has 210 valence electrons. The van der Waals surface area contributed by atoms with Crippen molar-refractivity contribution in [2.45, 2.75) is 37.6 Å². The highest BCUT2D eigenvalue weighted by Crippen LogP contribution is 2.40. The van der Waals surface area contributed by atoms with Gasteiger partial charge in [-0.2, -0.15) is 0 Å². The number of aryl methyl sites for hydroxylation is 1. The van der Waals surface area contributed by atoms with E-state index in [1.54, 1.807) is 5.56 Å². The summed E-state index contributed by atoms with van der Waals surface area (Å²) in [5, 5.41) is 27.2. The van der Waals surface area contributed by atoms with Crippen molar-refractivity contribution in [3.05, 3.63) is 119 Å². The van der Waals surface area contributed by atoms with Crippen LogP contribution < -0.4 is 5.32 Å². The predicted molar refractivity (Wildman–Crippen MR) is 169 cm³/mol. The largest absolute Gasteiger partial charge is 0.478 e. The van der Waals surface area contributed by atoms with Crippen LogP contribution >= 0.6 is 0 Å². The molecule has 0 amide bonds. The summed E-state index contributed by atoms with van der Waals surface area (Å²) in [6.07, 6.45) is 7.47. The van der Waals surface area contributed by atoms with Crippen molar-refractivity contribution in [1.82, 2.24) is 5.32 Å². The average Bonchev–Trinajstić information content (AvgIpc) is 3.53. The van der Waals surface area contributed by atoms with Crippen molar-refractivity contribution in [2.24, 2.45) is 4.99 Å². The summed E-state index contributed by atoms with van der Waals surface area (Å²) in [5.74, 6) is -1.96. The Labute approximate surface area is 244 Å². The highest BCUT2D eigenvalue weighted by molar-refractivity contribution is 6.08. The van der Waals surface area contributed by atoms with Crippen LogP contribution in [0.15, 0.2) is 102 Å². The Morgan fingerprint density at radius 1 is 0.786 bits per heavy atom. The monoisotopic (exact) mass is 556 g/mol. The molecule has 6 nitrogen and oxygen atoms in total. The number of carboxylic acids is 2. The zero-order valence-electron chi connectivity index (χ0n) is 23.2. The highest BCUT2D eigenvalue weighted by Gasteiger charge is 2.26. The molecular weight excluding hydrogens is 524 g/mol. The summed E-state index contributed by atoms with van der Waals surface area (Å²) >= 11 is 0. The standard InChI is InChI=1S/C32H28N2.C4H4O4/c1-3-7-26-21(5-1)10-15-31-28-14-11-24(17-23(28)12-16-30(26)31)29-13-9-22-6-2-4-8-27(22)32(29)18-25-19-33-20-34-25;5-3(6)1-2-4(7)8/h1-10,12-13,15-16,20,24-25H,11,14,17-19H2,(H,33,34);1-2H,(H,5,6)(H,7,8)/b;2-1+. The normalized spacial score (nSPS) is 17.6. The molecule has 1 heterocycles. The molecule has 7 rings (SSSR count). The van der Waals surface area contributed by atoms with Gasteiger partial charge < -0.3 is 15.5 Å². The topological polar surface area (TPSA) is 99.0 Å². The minimum atomic E-state index is -1.26. The van der Waals surface area contributed by atoms with Crippen LogP contribution in [0.25, 0.3) is 32.3 Å². The van der Waals surface area contributed by atoms with E-state index in [0.29, 0.717) is 24.1 Å². The Balaban J connectivity index is 0.000000350. The van der Waals surface area contributed by atoms with Gasteiger partial charge in [0.2, 0.25) is 0 Å². The summed E-state index contributed by atoms with van der Waals surface area (Å²) in [5.41, 5.74) is 6.12. The molecule has 3 N–H and O–H groups in total. The van der Waals surface area contributed by atoms with E-state index in [0.717, 1.165) is 25.8 Å². The van der Waals surface area contributed by atoms with Gasteiger partial charge in [0.25, 0.3) is 0 Å². The fourth-order valence-electron chi connectivity index (χ4n) is 6.50. The molecule has 0 radical (unpaired) electrons. The quantitative estimate of drug-likeness (QED) is 0.166. The first-order valence-corrected chi connectivity index (χ1v) is 14.3. The van der Waals surface area contributed by atoms with Crippen LogP contribution in [0.4, 0.5) is 0 Å². The van der Waals surface area contributed by atoms with E-state index < -0.39 is 11.9 Å². The number of rotatable bonds is 5. The lowest BCUT2D eigenvalue weighted by molar-refractivity contribution is -0.134. The Morgan fingerprint density at radius 3 is 2.17 bits per heavy atom. The molecule has 1 aliphatic heterocycles. The highest BCUT2D eigenvalue weighted by atomic mass is 16.4. The number of carbonyl (C=O) groups is 2. The van der Waals surface area contributed by atoms with Gasteiger partial charge in [0.1, 0.15) is 0 Å². The van der Waals surface area contributed by atoms with Gasteiger partial charge in [0.15, 0.2) is 0 Å². The molecule has 5 aromatic carbocycles. The molecule has 0 aromatic heterocycles. The van der Waals surface area contributed by atoms with E-state index in [9.17, 15) is 9.59 Å². The van der Waals surface area contributed by atoms with Crippen molar-refractivity contribution >= 4 is 50.6 Å². The van der Waals surface area contributed by atoms with E-state index in [-0.39, 0.29) is 0 Å². The number of aliphatic imine (C=N–C) groups is 1. The fraction of sp³-hybridized carbons (Fsp3) is 0.194. The van der Waals surface area contributed by atoms with Crippen LogP contribution in [0.1, 0.15) is 34.6 Å². The van der Waals surface area contributed by atoms with Gasteiger partial charge in [-0.05, 0) is 86.2 Å². The predicted octanol–water partition coefficient (Wildman–Crippen LogP) is 6.67. The maximum absolute atomic E-state index is 9.55. The molecule has 0 bridgehead atoms. The summed E-state index contributed by atoms with van der Waals surface area (Å²) in [6, 6.07) is 32.1. The fourth-order valence-corrected chi connectivity index (χ4v) is 6.50. The van der Waals surface area contributed by atoms with E-state index in [2.05, 4.69) is 95.2 Å². The molecule has 0 fully saturated rings.